The highest BCUT2D eigenvalue weighted by molar-refractivity contribution is 5.80. The van der Waals surface area contributed by atoms with Gasteiger partial charge in [0.25, 0.3) is 5.91 Å². The zero-order valence-corrected chi connectivity index (χ0v) is 22.8. The molecule has 0 fully saturated rings. The largest absolute Gasteiger partial charge is 0.484 e. The first-order valence-electron chi connectivity index (χ1n) is 11.6. The van der Waals surface area contributed by atoms with Gasteiger partial charge in [-0.05, 0) is 31.7 Å². The molecule has 206 valence electrons. The van der Waals surface area contributed by atoms with Crippen molar-refractivity contribution in [3.63, 3.8) is 0 Å². The molecule has 2 aromatic carbocycles. The number of hydrogen-bond acceptors (Lipinski definition) is 8. The van der Waals surface area contributed by atoms with Crippen LogP contribution in [0.2, 0.25) is 0 Å². The highest BCUT2D eigenvalue weighted by atomic mass is 16.5. The molecule has 0 saturated heterocycles. The van der Waals surface area contributed by atoms with Gasteiger partial charge in [0.2, 0.25) is 5.91 Å². The predicted octanol–water partition coefficient (Wildman–Crippen LogP) is 2.12. The van der Waals surface area contributed by atoms with Crippen LogP contribution in [0.15, 0.2) is 60.7 Å². The first kappa shape index (κ1) is 35.2. The van der Waals surface area contributed by atoms with Gasteiger partial charge in [-0.3, -0.25) is 19.2 Å². The van der Waals surface area contributed by atoms with Gasteiger partial charge < -0.3 is 30.2 Å². The van der Waals surface area contributed by atoms with Gasteiger partial charge in [-0.15, -0.1) is 0 Å². The molecule has 0 bridgehead atoms. The Hall–Kier alpha value is -3.92. The van der Waals surface area contributed by atoms with Gasteiger partial charge in [-0.1, -0.05) is 55.5 Å². The Morgan fingerprint density at radius 3 is 1.65 bits per heavy atom. The summed E-state index contributed by atoms with van der Waals surface area (Å²) >= 11 is 0. The monoisotopic (exact) mass is 519 g/mol. The first-order valence-corrected chi connectivity index (χ1v) is 11.6. The number of para-hydroxylation sites is 1. The summed E-state index contributed by atoms with van der Waals surface area (Å²) in [6.07, 6.45) is 0.827. The number of hydrogen-bond donors (Lipinski definition) is 3. The molecule has 10 heteroatoms. The third kappa shape index (κ3) is 21.1. The van der Waals surface area contributed by atoms with Crippen molar-refractivity contribution < 1.29 is 33.4 Å². The summed E-state index contributed by atoms with van der Waals surface area (Å²) < 4.78 is 13.9. The van der Waals surface area contributed by atoms with E-state index in [1.165, 1.54) is 14.2 Å². The molecule has 0 aliphatic heterocycles. The van der Waals surface area contributed by atoms with Crippen LogP contribution in [0.4, 0.5) is 0 Å². The fourth-order valence-corrected chi connectivity index (χ4v) is 2.06. The van der Waals surface area contributed by atoms with Crippen LogP contribution in [-0.4, -0.2) is 71.8 Å². The molecule has 0 aliphatic carbocycles. The van der Waals surface area contributed by atoms with Crippen LogP contribution >= 0.6 is 0 Å². The van der Waals surface area contributed by atoms with Crippen molar-refractivity contribution in [2.24, 2.45) is 0 Å². The fraction of sp³-hybridized carbons (Fsp3) is 0.407. The third-order valence-corrected chi connectivity index (χ3v) is 4.40. The number of carbonyl (C=O) groups excluding carboxylic acids is 4. The Bertz CT molecular complexity index is 872. The van der Waals surface area contributed by atoms with Gasteiger partial charge in [0.15, 0.2) is 6.61 Å². The Morgan fingerprint density at radius 2 is 1.30 bits per heavy atom. The van der Waals surface area contributed by atoms with Gasteiger partial charge in [0.05, 0.1) is 26.7 Å². The molecule has 2 aromatic rings. The second-order valence-corrected chi connectivity index (χ2v) is 7.07. The van der Waals surface area contributed by atoms with Crippen LogP contribution in [0.25, 0.3) is 0 Å². The van der Waals surface area contributed by atoms with Crippen molar-refractivity contribution in [2.45, 2.75) is 32.7 Å². The minimum absolute atomic E-state index is 0.0208. The first-order chi connectivity index (χ1) is 17.7. The Kier molecular flexibility index (Phi) is 22.7. The molecule has 0 spiro atoms. The lowest BCUT2D eigenvalue weighted by Crippen LogP contribution is -2.38. The van der Waals surface area contributed by atoms with E-state index in [1.54, 1.807) is 35.0 Å². The van der Waals surface area contributed by atoms with Gasteiger partial charge >= 0.3 is 11.9 Å². The molecule has 0 radical (unpaired) electrons. The number of rotatable bonds is 8. The van der Waals surface area contributed by atoms with Crippen LogP contribution in [0.3, 0.4) is 0 Å². The molecular weight excluding hydrogens is 478 g/mol. The van der Waals surface area contributed by atoms with E-state index in [1.807, 2.05) is 60.7 Å². The van der Waals surface area contributed by atoms with Crippen LogP contribution < -0.4 is 20.7 Å². The maximum absolute atomic E-state index is 10.8. The molecule has 0 saturated carbocycles. The number of carbonyl (C=O) groups is 4. The van der Waals surface area contributed by atoms with Gasteiger partial charge in [-0.2, -0.15) is 0 Å². The maximum atomic E-state index is 10.8. The second-order valence-electron chi connectivity index (χ2n) is 7.07. The minimum Gasteiger partial charge on any atom is -0.484 e. The summed E-state index contributed by atoms with van der Waals surface area (Å²) in [6.45, 7) is 3.63. The number of nitrogens with one attached hydrogen (secondary N) is 3. The molecule has 1 atom stereocenters. The maximum Gasteiger partial charge on any atom is 0.309 e. The topological polar surface area (TPSA) is 132 Å². The molecule has 0 heterocycles. The summed E-state index contributed by atoms with van der Waals surface area (Å²) in [4.78, 5) is 42.0. The lowest BCUT2D eigenvalue weighted by Gasteiger charge is -2.05. The van der Waals surface area contributed by atoms with E-state index in [4.69, 9.17) is 4.74 Å². The number of likely N-dealkylation sites (N-methyl/N-ethyl adjacent to an activating group) is 3. The van der Waals surface area contributed by atoms with E-state index in [-0.39, 0.29) is 36.4 Å². The lowest BCUT2D eigenvalue weighted by molar-refractivity contribution is -0.140. The Labute approximate surface area is 220 Å². The Morgan fingerprint density at radius 1 is 0.784 bits per heavy atom. The quantitative estimate of drug-likeness (QED) is 0.452. The molecule has 1 unspecified atom stereocenters. The summed E-state index contributed by atoms with van der Waals surface area (Å²) in [5, 5.41) is 7.79. The lowest BCUT2D eigenvalue weighted by atomic mass is 10.2. The molecule has 2 amide bonds. The number of ether oxygens (including phenoxy) is 3. The highest BCUT2D eigenvalue weighted by Gasteiger charge is 2.05. The smallest absolute Gasteiger partial charge is 0.309 e. The van der Waals surface area contributed by atoms with Crippen LogP contribution in [0.5, 0.6) is 5.75 Å². The molecule has 0 aromatic heterocycles. The molecule has 0 aliphatic rings. The number of methoxy groups -OCH3 is 2. The van der Waals surface area contributed by atoms with Crippen molar-refractivity contribution >= 4 is 23.8 Å². The van der Waals surface area contributed by atoms with Crippen LogP contribution in [0.1, 0.15) is 25.8 Å². The van der Waals surface area contributed by atoms with Crippen molar-refractivity contribution in [1.82, 2.24) is 16.0 Å². The number of esters is 2. The zero-order valence-electron chi connectivity index (χ0n) is 22.8. The van der Waals surface area contributed by atoms with E-state index >= 15 is 0 Å². The van der Waals surface area contributed by atoms with Crippen molar-refractivity contribution in [3.8, 4) is 5.75 Å². The molecule has 3 N–H and O–H groups in total. The third-order valence-electron chi connectivity index (χ3n) is 4.40. The summed E-state index contributed by atoms with van der Waals surface area (Å²) in [5.74, 6) is 0.249. The summed E-state index contributed by atoms with van der Waals surface area (Å²) in [7, 11) is 7.73. The highest BCUT2D eigenvalue weighted by Crippen LogP contribution is 2.07. The van der Waals surface area contributed by atoms with Crippen LogP contribution in [-0.2, 0) is 35.1 Å². The van der Waals surface area contributed by atoms with Gasteiger partial charge in [0, 0.05) is 20.5 Å². The van der Waals surface area contributed by atoms with Crippen molar-refractivity contribution in [2.75, 3.05) is 42.0 Å². The molecule has 2 rings (SSSR count). The summed E-state index contributed by atoms with van der Waals surface area (Å²) in [5.41, 5.74) is 0.986. The average Bonchev–Trinajstić information content (AvgIpc) is 2.96. The van der Waals surface area contributed by atoms with Gasteiger partial charge in [0.1, 0.15) is 5.75 Å². The van der Waals surface area contributed by atoms with Crippen LogP contribution in [0, 0.1) is 0 Å². The molecule has 37 heavy (non-hydrogen) atoms. The van der Waals surface area contributed by atoms with Crippen molar-refractivity contribution in [1.29, 1.82) is 0 Å². The molecule has 10 nitrogen and oxygen atoms in total. The normalized spacial score (nSPS) is 9.70. The average molecular weight is 520 g/mol. The number of benzene rings is 2. The number of amides is 2. The fourth-order valence-electron chi connectivity index (χ4n) is 2.06. The molecular formula is C27H41N3O7. The SMILES string of the molecule is CCC(=O)OC.CNC(=O)C(C)NC.CNC(=O)COc1ccccc1.COC(=O)Cc1ccccc1. The minimum atomic E-state index is -0.198. The van der Waals surface area contributed by atoms with E-state index in [2.05, 4.69) is 25.4 Å². The van der Waals surface area contributed by atoms with Crippen molar-refractivity contribution in [3.05, 3.63) is 66.2 Å². The van der Waals surface area contributed by atoms with E-state index < -0.39 is 0 Å². The van der Waals surface area contributed by atoms with E-state index in [9.17, 15) is 19.2 Å². The standard InChI is InChI=1S/C9H11NO2.C9H10O2.C5H12N2O.C4H8O2/c1-10-9(11)7-12-8-5-3-2-4-6-8;1-11-9(10)7-8-5-3-2-4-6-8;1-4(6-2)5(8)7-3;1-3-4(5)6-2/h2-6H,7H2,1H3,(H,10,11);2-6H,7H2,1H3;4,6H,1-3H3,(H,7,8);3H2,1-2H3. The predicted molar refractivity (Wildman–Crippen MR) is 143 cm³/mol. The second kappa shape index (κ2) is 23.8. The van der Waals surface area contributed by atoms with E-state index in [0.717, 1.165) is 5.56 Å². The zero-order chi connectivity index (χ0) is 28.5. The summed E-state index contributed by atoms with van der Waals surface area (Å²) in [6, 6.07) is 18.7. The van der Waals surface area contributed by atoms with Gasteiger partial charge in [-0.25, -0.2) is 0 Å². The Balaban J connectivity index is 0. The van der Waals surface area contributed by atoms with E-state index in [0.29, 0.717) is 18.6 Å².